The Hall–Kier alpha value is 0.270. The molecule has 1 heterocycles. The van der Waals surface area contributed by atoms with Crippen LogP contribution in [0.5, 0.6) is 0 Å². The molecule has 0 aromatic carbocycles. The lowest BCUT2D eigenvalue weighted by Crippen LogP contribution is -2.30. The van der Waals surface area contributed by atoms with Gasteiger partial charge in [0, 0.05) is 6.04 Å². The summed E-state index contributed by atoms with van der Waals surface area (Å²) in [5, 5.41) is 7.58. The van der Waals surface area contributed by atoms with E-state index in [2.05, 4.69) is 30.2 Å². The fourth-order valence-electron chi connectivity index (χ4n) is 1.03. The summed E-state index contributed by atoms with van der Waals surface area (Å²) in [6, 6.07) is 0.786. The second-order valence-electron chi connectivity index (χ2n) is 2.35. The Bertz CT molecular complexity index is 53.0. The van der Waals surface area contributed by atoms with E-state index in [1.807, 2.05) is 0 Å². The summed E-state index contributed by atoms with van der Waals surface area (Å²) in [6.07, 6.45) is 4.18. The van der Waals surface area contributed by atoms with Gasteiger partial charge in [-0.05, 0) is 26.3 Å². The molecular weight excluding hydrogens is 132 g/mol. The van der Waals surface area contributed by atoms with Crippen molar-refractivity contribution in [3.8, 4) is 0 Å². The lowest BCUT2D eigenvalue weighted by atomic mass is 10.1. The van der Waals surface area contributed by atoms with E-state index in [9.17, 15) is 0 Å². The molecule has 2 nitrogen and oxygen atoms in total. The zero-order valence-electron chi connectivity index (χ0n) is 5.93. The van der Waals surface area contributed by atoms with Gasteiger partial charge in [0.1, 0.15) is 0 Å². The van der Waals surface area contributed by atoms with E-state index in [-0.39, 0.29) is 0 Å². The number of piperidine rings is 1. The molecule has 1 aliphatic rings. The molecule has 1 atom stereocenters. The number of nitrogens with one attached hydrogen (secondary N) is 1. The van der Waals surface area contributed by atoms with Gasteiger partial charge in [-0.3, -0.25) is 5.14 Å². The molecule has 0 bridgehead atoms. The molecule has 0 aliphatic carbocycles. The van der Waals surface area contributed by atoms with Crippen molar-refractivity contribution in [1.29, 1.82) is 0 Å². The van der Waals surface area contributed by atoms with Crippen molar-refractivity contribution in [3.05, 3.63) is 0 Å². The second-order valence-corrected chi connectivity index (χ2v) is 2.35. The highest BCUT2D eigenvalue weighted by molar-refractivity contribution is 7.77. The van der Waals surface area contributed by atoms with Crippen LogP contribution in [0.15, 0.2) is 0 Å². The van der Waals surface area contributed by atoms with Crippen molar-refractivity contribution >= 4 is 12.8 Å². The van der Waals surface area contributed by atoms with Crippen molar-refractivity contribution in [1.82, 2.24) is 5.32 Å². The fourth-order valence-corrected chi connectivity index (χ4v) is 1.03. The van der Waals surface area contributed by atoms with E-state index in [4.69, 9.17) is 0 Å². The molecular formula is C6H16N2S. The fraction of sp³-hybridized carbons (Fsp3) is 1.00. The van der Waals surface area contributed by atoms with E-state index in [0.29, 0.717) is 0 Å². The van der Waals surface area contributed by atoms with Crippen LogP contribution in [0.1, 0.15) is 26.2 Å². The van der Waals surface area contributed by atoms with Crippen LogP contribution in [0.2, 0.25) is 0 Å². The van der Waals surface area contributed by atoms with E-state index >= 15 is 0 Å². The Morgan fingerprint density at radius 2 is 2.11 bits per heavy atom. The van der Waals surface area contributed by atoms with Crippen molar-refractivity contribution in [2.75, 3.05) is 6.54 Å². The molecule has 1 unspecified atom stereocenters. The third kappa shape index (κ3) is 4.75. The minimum atomic E-state index is 0.786. The van der Waals surface area contributed by atoms with Crippen LogP contribution in [-0.4, -0.2) is 12.6 Å². The average molecular weight is 148 g/mol. The molecule has 1 aliphatic heterocycles. The first kappa shape index (κ1) is 9.27. The van der Waals surface area contributed by atoms with Gasteiger partial charge in [0.2, 0.25) is 0 Å². The normalized spacial score (nSPS) is 26.3. The predicted octanol–water partition coefficient (Wildman–Crippen LogP) is 0.938. The van der Waals surface area contributed by atoms with Gasteiger partial charge >= 0.3 is 0 Å². The molecule has 0 amide bonds. The Labute approximate surface area is 62.7 Å². The van der Waals surface area contributed by atoms with Crippen molar-refractivity contribution in [2.24, 2.45) is 5.14 Å². The quantitative estimate of drug-likeness (QED) is 0.447. The highest BCUT2D eigenvalue weighted by Crippen LogP contribution is 2.04. The molecule has 0 aromatic rings. The van der Waals surface area contributed by atoms with Gasteiger partial charge in [0.05, 0.1) is 0 Å². The number of hydrogen-bond donors (Lipinski definition) is 3. The SMILES string of the molecule is CC1CCCCN1.NS. The van der Waals surface area contributed by atoms with E-state index in [1.54, 1.807) is 0 Å². The van der Waals surface area contributed by atoms with Crippen LogP contribution in [-0.2, 0) is 0 Å². The number of thiol groups is 1. The second kappa shape index (κ2) is 6.39. The maximum absolute atomic E-state index is 4.19. The van der Waals surface area contributed by atoms with Crippen LogP contribution < -0.4 is 10.5 Å². The topological polar surface area (TPSA) is 38.0 Å². The molecule has 1 saturated heterocycles. The molecule has 1 rings (SSSR count). The molecule has 1 fully saturated rings. The van der Waals surface area contributed by atoms with E-state index < -0.39 is 0 Å². The smallest absolute Gasteiger partial charge is 0.00387 e. The maximum Gasteiger partial charge on any atom is 0.00387 e. The third-order valence-electron chi connectivity index (χ3n) is 1.56. The van der Waals surface area contributed by atoms with Gasteiger partial charge in [-0.25, -0.2) is 0 Å². The largest absolute Gasteiger partial charge is 0.314 e. The minimum absolute atomic E-state index is 0.786. The Morgan fingerprint density at radius 3 is 2.33 bits per heavy atom. The number of nitrogens with two attached hydrogens (primary N) is 1. The molecule has 56 valence electrons. The molecule has 3 heteroatoms. The molecule has 0 spiro atoms. The summed E-state index contributed by atoms with van der Waals surface area (Å²) in [5.41, 5.74) is 0. The Morgan fingerprint density at radius 1 is 1.44 bits per heavy atom. The first-order valence-electron chi connectivity index (χ1n) is 3.39. The highest BCUT2D eigenvalue weighted by atomic mass is 32.1. The summed E-state index contributed by atoms with van der Waals surface area (Å²) in [4.78, 5) is 0. The van der Waals surface area contributed by atoms with Crippen LogP contribution >= 0.6 is 12.8 Å². The van der Waals surface area contributed by atoms with Gasteiger partial charge in [0.15, 0.2) is 0 Å². The van der Waals surface area contributed by atoms with Crippen LogP contribution in [0.3, 0.4) is 0 Å². The average Bonchev–Trinajstić information content (AvgIpc) is 1.94. The summed E-state index contributed by atoms with van der Waals surface area (Å²) >= 11 is 3.03. The van der Waals surface area contributed by atoms with Crippen LogP contribution in [0, 0.1) is 0 Å². The molecule has 0 aromatic heterocycles. The summed E-state index contributed by atoms with van der Waals surface area (Å²) in [6.45, 7) is 3.49. The van der Waals surface area contributed by atoms with Crippen molar-refractivity contribution in [3.63, 3.8) is 0 Å². The lowest BCUT2D eigenvalue weighted by molar-refractivity contribution is 0.425. The van der Waals surface area contributed by atoms with Crippen LogP contribution in [0.4, 0.5) is 0 Å². The third-order valence-corrected chi connectivity index (χ3v) is 1.56. The molecule has 3 N–H and O–H groups in total. The number of rotatable bonds is 0. The molecule has 0 radical (unpaired) electrons. The van der Waals surface area contributed by atoms with Gasteiger partial charge < -0.3 is 5.32 Å². The molecule has 9 heavy (non-hydrogen) atoms. The standard InChI is InChI=1S/C6H13N.H3NS/c1-6-4-2-3-5-7-6;1-2/h6-7H,2-5H2,1H3;2H,1H2. The summed E-state index contributed by atoms with van der Waals surface area (Å²) < 4.78 is 0. The maximum atomic E-state index is 4.19. The lowest BCUT2D eigenvalue weighted by Gasteiger charge is -2.18. The summed E-state index contributed by atoms with van der Waals surface area (Å²) in [5.74, 6) is 0. The first-order valence-corrected chi connectivity index (χ1v) is 3.90. The van der Waals surface area contributed by atoms with Gasteiger partial charge in [-0.15, -0.1) is 12.8 Å². The van der Waals surface area contributed by atoms with Crippen LogP contribution in [0.25, 0.3) is 0 Å². The minimum Gasteiger partial charge on any atom is -0.314 e. The van der Waals surface area contributed by atoms with Gasteiger partial charge in [0.25, 0.3) is 0 Å². The highest BCUT2D eigenvalue weighted by Gasteiger charge is 2.04. The predicted molar refractivity (Wildman–Crippen MR) is 44.5 cm³/mol. The molecule has 0 saturated carbocycles. The van der Waals surface area contributed by atoms with Crippen molar-refractivity contribution in [2.45, 2.75) is 32.2 Å². The van der Waals surface area contributed by atoms with Gasteiger partial charge in [-0.1, -0.05) is 6.42 Å². The van der Waals surface area contributed by atoms with E-state index in [0.717, 1.165) is 6.04 Å². The monoisotopic (exact) mass is 148 g/mol. The van der Waals surface area contributed by atoms with Crippen molar-refractivity contribution < 1.29 is 0 Å². The Kier molecular flexibility index (Phi) is 6.58. The number of hydrogen-bond acceptors (Lipinski definition) is 3. The zero-order valence-corrected chi connectivity index (χ0v) is 6.82. The van der Waals surface area contributed by atoms with Gasteiger partial charge in [-0.2, -0.15) is 0 Å². The Balaban J connectivity index is 0.000000291. The first-order chi connectivity index (χ1) is 4.39. The summed E-state index contributed by atoms with van der Waals surface area (Å²) in [7, 11) is 0. The zero-order chi connectivity index (χ0) is 7.11. The van der Waals surface area contributed by atoms with E-state index in [1.165, 1.54) is 25.8 Å².